The number of carbonyl (C=O) groups excluding carboxylic acids is 1. The topological polar surface area (TPSA) is 63.0 Å². The van der Waals surface area contributed by atoms with Gasteiger partial charge >= 0.3 is 5.97 Å². The van der Waals surface area contributed by atoms with E-state index in [1.807, 2.05) is 11.4 Å². The summed E-state index contributed by atoms with van der Waals surface area (Å²) in [6, 6.07) is 1.99. The molecular weight excluding hydrogens is 212 g/mol. The SMILES string of the molecule is CCOC(=O)C(C)(C#N)Cc1cscn1. The van der Waals surface area contributed by atoms with Gasteiger partial charge in [-0.2, -0.15) is 5.26 Å². The number of ether oxygens (including phenoxy) is 1. The Morgan fingerprint density at radius 3 is 3.00 bits per heavy atom. The minimum absolute atomic E-state index is 0.285. The molecule has 80 valence electrons. The van der Waals surface area contributed by atoms with Crippen LogP contribution in [-0.2, 0) is 16.0 Å². The van der Waals surface area contributed by atoms with Gasteiger partial charge in [-0.25, -0.2) is 4.98 Å². The van der Waals surface area contributed by atoms with Crippen LogP contribution in [0.25, 0.3) is 0 Å². The van der Waals surface area contributed by atoms with Crippen LogP contribution >= 0.6 is 11.3 Å². The molecule has 1 unspecified atom stereocenters. The van der Waals surface area contributed by atoms with Gasteiger partial charge in [0.15, 0.2) is 5.41 Å². The number of esters is 1. The lowest BCUT2D eigenvalue weighted by molar-refractivity contribution is -0.151. The van der Waals surface area contributed by atoms with Gasteiger partial charge in [0.05, 0.1) is 23.9 Å². The predicted molar refractivity (Wildman–Crippen MR) is 56.2 cm³/mol. The van der Waals surface area contributed by atoms with Crippen molar-refractivity contribution >= 4 is 17.3 Å². The summed E-state index contributed by atoms with van der Waals surface area (Å²) in [5.41, 5.74) is 1.29. The van der Waals surface area contributed by atoms with Gasteiger partial charge in [-0.1, -0.05) is 0 Å². The molecule has 0 aliphatic heterocycles. The van der Waals surface area contributed by atoms with Crippen LogP contribution in [0.3, 0.4) is 0 Å². The van der Waals surface area contributed by atoms with Gasteiger partial charge in [-0.15, -0.1) is 11.3 Å². The van der Waals surface area contributed by atoms with Gasteiger partial charge in [0.25, 0.3) is 0 Å². The molecule has 4 nitrogen and oxygen atoms in total. The summed E-state index contributed by atoms with van der Waals surface area (Å²) >= 11 is 1.44. The number of nitrogens with zero attached hydrogens (tertiary/aromatic N) is 2. The quantitative estimate of drug-likeness (QED) is 0.731. The van der Waals surface area contributed by atoms with Crippen LogP contribution in [0, 0.1) is 16.7 Å². The van der Waals surface area contributed by atoms with Gasteiger partial charge in [-0.3, -0.25) is 4.79 Å². The normalized spacial score (nSPS) is 13.9. The van der Waals surface area contributed by atoms with Gasteiger partial charge < -0.3 is 4.74 Å². The van der Waals surface area contributed by atoms with Crippen molar-refractivity contribution in [3.63, 3.8) is 0 Å². The first-order valence-corrected chi connectivity index (χ1v) is 5.52. The fourth-order valence-corrected chi connectivity index (χ4v) is 1.69. The Morgan fingerprint density at radius 2 is 2.53 bits per heavy atom. The minimum atomic E-state index is -1.13. The van der Waals surface area contributed by atoms with Gasteiger partial charge in [0.1, 0.15) is 0 Å². The average Bonchev–Trinajstić information content (AvgIpc) is 2.70. The molecule has 0 spiro atoms. The molecule has 0 amide bonds. The molecule has 15 heavy (non-hydrogen) atoms. The van der Waals surface area contributed by atoms with Crippen molar-refractivity contribution in [1.29, 1.82) is 5.26 Å². The zero-order valence-electron chi connectivity index (χ0n) is 8.69. The Labute approximate surface area is 92.5 Å². The summed E-state index contributed by atoms with van der Waals surface area (Å²) in [6.07, 6.45) is 0.297. The number of rotatable bonds is 4. The molecule has 1 aromatic rings. The first-order chi connectivity index (χ1) is 7.12. The Balaban J connectivity index is 2.78. The standard InChI is InChI=1S/C10H12N2O2S/c1-3-14-9(13)10(2,6-11)4-8-5-15-7-12-8/h5,7H,3-4H2,1-2H3. The molecule has 0 fully saturated rings. The molecule has 0 saturated carbocycles. The maximum Gasteiger partial charge on any atom is 0.326 e. The third-order valence-electron chi connectivity index (χ3n) is 1.99. The fourth-order valence-electron chi connectivity index (χ4n) is 1.13. The molecule has 1 atom stereocenters. The number of hydrogen-bond donors (Lipinski definition) is 0. The lowest BCUT2D eigenvalue weighted by Gasteiger charge is -2.17. The summed E-state index contributed by atoms with van der Waals surface area (Å²) in [5.74, 6) is -0.486. The summed E-state index contributed by atoms with van der Waals surface area (Å²) < 4.78 is 4.86. The van der Waals surface area contributed by atoms with E-state index in [0.29, 0.717) is 6.42 Å². The molecule has 0 saturated heterocycles. The molecule has 0 aliphatic rings. The highest BCUT2D eigenvalue weighted by Gasteiger charge is 2.35. The van der Waals surface area contributed by atoms with E-state index in [0.717, 1.165) is 5.69 Å². The van der Waals surface area contributed by atoms with Crippen molar-refractivity contribution in [2.24, 2.45) is 5.41 Å². The molecule has 0 aliphatic carbocycles. The first-order valence-electron chi connectivity index (χ1n) is 4.58. The summed E-state index contributed by atoms with van der Waals surface area (Å²) in [7, 11) is 0. The molecule has 0 aromatic carbocycles. The predicted octanol–water partition coefficient (Wildman–Crippen LogP) is 1.78. The second-order valence-corrected chi connectivity index (χ2v) is 4.04. The Bertz CT molecular complexity index is 369. The van der Waals surface area contributed by atoms with E-state index < -0.39 is 11.4 Å². The van der Waals surface area contributed by atoms with Crippen molar-refractivity contribution in [3.8, 4) is 6.07 Å². The summed E-state index contributed by atoms with van der Waals surface area (Å²) in [4.78, 5) is 15.6. The smallest absolute Gasteiger partial charge is 0.326 e. The highest BCUT2D eigenvalue weighted by molar-refractivity contribution is 7.07. The number of hydrogen-bond acceptors (Lipinski definition) is 5. The third-order valence-corrected chi connectivity index (χ3v) is 2.63. The Morgan fingerprint density at radius 1 is 1.80 bits per heavy atom. The zero-order valence-corrected chi connectivity index (χ0v) is 9.50. The van der Waals surface area contributed by atoms with Crippen molar-refractivity contribution in [3.05, 3.63) is 16.6 Å². The maximum absolute atomic E-state index is 11.6. The number of aromatic nitrogens is 1. The molecule has 0 bridgehead atoms. The van der Waals surface area contributed by atoms with Crippen LogP contribution in [0.4, 0.5) is 0 Å². The zero-order chi connectivity index (χ0) is 11.3. The van der Waals surface area contributed by atoms with Crippen molar-refractivity contribution < 1.29 is 9.53 Å². The van der Waals surface area contributed by atoms with Gasteiger partial charge in [0, 0.05) is 11.8 Å². The molecule has 1 heterocycles. The minimum Gasteiger partial charge on any atom is -0.465 e. The van der Waals surface area contributed by atoms with Gasteiger partial charge in [-0.05, 0) is 13.8 Å². The van der Waals surface area contributed by atoms with E-state index in [9.17, 15) is 4.79 Å². The fraction of sp³-hybridized carbons (Fsp3) is 0.500. The van der Waals surface area contributed by atoms with Crippen LogP contribution in [0.5, 0.6) is 0 Å². The van der Waals surface area contributed by atoms with E-state index in [2.05, 4.69) is 4.98 Å². The Kier molecular flexibility index (Phi) is 3.81. The van der Waals surface area contributed by atoms with Crippen LogP contribution < -0.4 is 0 Å². The molecular formula is C10H12N2O2S. The van der Waals surface area contributed by atoms with E-state index in [-0.39, 0.29) is 6.61 Å². The first kappa shape index (κ1) is 11.7. The Hall–Kier alpha value is -1.41. The van der Waals surface area contributed by atoms with Crippen LogP contribution in [0.2, 0.25) is 0 Å². The molecule has 0 N–H and O–H groups in total. The van der Waals surface area contributed by atoms with Crippen LogP contribution in [-0.4, -0.2) is 17.6 Å². The average molecular weight is 224 g/mol. The largest absolute Gasteiger partial charge is 0.465 e. The highest BCUT2D eigenvalue weighted by atomic mass is 32.1. The maximum atomic E-state index is 11.6. The number of thiazole rings is 1. The van der Waals surface area contributed by atoms with Crippen molar-refractivity contribution in [1.82, 2.24) is 4.98 Å². The number of nitriles is 1. The summed E-state index contributed by atoms with van der Waals surface area (Å²) in [5, 5.41) is 10.8. The van der Waals surface area contributed by atoms with Crippen LogP contribution in [0.15, 0.2) is 10.9 Å². The lowest BCUT2D eigenvalue weighted by Crippen LogP contribution is -2.30. The van der Waals surface area contributed by atoms with E-state index in [4.69, 9.17) is 10.00 Å². The van der Waals surface area contributed by atoms with Crippen molar-refractivity contribution in [2.45, 2.75) is 20.3 Å². The van der Waals surface area contributed by atoms with E-state index >= 15 is 0 Å². The second kappa shape index (κ2) is 4.89. The van der Waals surface area contributed by atoms with E-state index in [1.54, 1.807) is 19.4 Å². The third kappa shape index (κ3) is 2.77. The molecule has 1 aromatic heterocycles. The van der Waals surface area contributed by atoms with Crippen molar-refractivity contribution in [2.75, 3.05) is 6.61 Å². The highest BCUT2D eigenvalue weighted by Crippen LogP contribution is 2.23. The van der Waals surface area contributed by atoms with Gasteiger partial charge in [0.2, 0.25) is 0 Å². The molecule has 5 heteroatoms. The number of carbonyl (C=O) groups is 1. The lowest BCUT2D eigenvalue weighted by atomic mass is 9.87. The monoisotopic (exact) mass is 224 g/mol. The summed E-state index contributed by atoms with van der Waals surface area (Å²) in [6.45, 7) is 3.58. The van der Waals surface area contributed by atoms with E-state index in [1.165, 1.54) is 11.3 Å². The second-order valence-electron chi connectivity index (χ2n) is 3.32. The molecule has 1 rings (SSSR count). The molecule has 0 radical (unpaired) electrons. The van der Waals surface area contributed by atoms with Crippen LogP contribution in [0.1, 0.15) is 19.5 Å².